The summed E-state index contributed by atoms with van der Waals surface area (Å²) in [6.07, 6.45) is 0. The Kier molecular flexibility index (Phi) is 3.52. The van der Waals surface area contributed by atoms with Gasteiger partial charge in [-0.2, -0.15) is 0 Å². The zero-order chi connectivity index (χ0) is 13.2. The minimum Gasteiger partial charge on any atom is -0.375 e. The van der Waals surface area contributed by atoms with Crippen molar-refractivity contribution in [3.05, 3.63) is 57.5 Å². The zero-order valence-corrected chi connectivity index (χ0v) is 13.0. The summed E-state index contributed by atoms with van der Waals surface area (Å²) in [6.45, 7) is 0. The van der Waals surface area contributed by atoms with Gasteiger partial charge in [0.05, 0.1) is 5.69 Å². The van der Waals surface area contributed by atoms with Crippen LogP contribution in [0.1, 0.15) is 0 Å². The summed E-state index contributed by atoms with van der Waals surface area (Å²) >= 11 is 3.78. The lowest BCUT2D eigenvalue weighted by molar-refractivity contribution is 1.41. The van der Waals surface area contributed by atoms with Crippen molar-refractivity contribution in [2.75, 3.05) is 5.73 Å². The predicted molar refractivity (Wildman–Crippen MR) is 90.1 cm³/mol. The van der Waals surface area contributed by atoms with Crippen molar-refractivity contribution in [2.45, 2.75) is 0 Å². The van der Waals surface area contributed by atoms with Crippen LogP contribution in [0.5, 0.6) is 0 Å². The van der Waals surface area contributed by atoms with Gasteiger partial charge in [-0.1, -0.05) is 36.4 Å². The summed E-state index contributed by atoms with van der Waals surface area (Å²) in [7, 11) is 0. The Hall–Kier alpha value is -1.40. The second-order valence-electron chi connectivity index (χ2n) is 4.16. The van der Waals surface area contributed by atoms with Gasteiger partial charge in [0.1, 0.15) is 0 Å². The molecule has 0 atom stereocenters. The first-order chi connectivity index (χ1) is 9.22. The Labute approximate surface area is 129 Å². The Morgan fingerprint density at radius 3 is 1.89 bits per heavy atom. The minimum absolute atomic E-state index is 0.608. The van der Waals surface area contributed by atoms with Gasteiger partial charge in [0.2, 0.25) is 0 Å². The summed E-state index contributed by atoms with van der Waals surface area (Å²) in [4.78, 5) is 4.29. The molecule has 1 aromatic heterocycles. The predicted octanol–water partition coefficient (Wildman–Crippen LogP) is 4.66. The minimum atomic E-state index is 0.608. The van der Waals surface area contributed by atoms with E-state index in [0.29, 0.717) is 5.13 Å². The van der Waals surface area contributed by atoms with Gasteiger partial charge in [-0.25, -0.2) is 4.98 Å². The summed E-state index contributed by atoms with van der Waals surface area (Å²) in [6, 6.07) is 16.9. The molecule has 3 rings (SSSR count). The molecule has 0 aliphatic heterocycles. The first kappa shape index (κ1) is 12.6. The SMILES string of the molecule is Nc1nc(-c2ccc(-c3ccc(I)cc3)cc2)cs1. The van der Waals surface area contributed by atoms with Gasteiger partial charge in [0.25, 0.3) is 0 Å². The second kappa shape index (κ2) is 5.30. The molecule has 3 aromatic rings. The van der Waals surface area contributed by atoms with Crippen LogP contribution in [-0.4, -0.2) is 4.98 Å². The van der Waals surface area contributed by atoms with Gasteiger partial charge in [0.15, 0.2) is 5.13 Å². The van der Waals surface area contributed by atoms with Crippen LogP contribution in [-0.2, 0) is 0 Å². The fourth-order valence-corrected chi connectivity index (χ4v) is 2.83. The number of halogens is 1. The molecule has 0 aliphatic rings. The van der Waals surface area contributed by atoms with Crippen molar-refractivity contribution in [3.8, 4) is 22.4 Å². The quantitative estimate of drug-likeness (QED) is 0.659. The average molecular weight is 378 g/mol. The maximum absolute atomic E-state index is 5.66. The van der Waals surface area contributed by atoms with E-state index in [-0.39, 0.29) is 0 Å². The largest absolute Gasteiger partial charge is 0.375 e. The number of hydrogen-bond donors (Lipinski definition) is 1. The third-order valence-electron chi connectivity index (χ3n) is 2.88. The van der Waals surface area contributed by atoms with Crippen molar-refractivity contribution in [2.24, 2.45) is 0 Å². The number of nitrogen functional groups attached to an aromatic ring is 1. The molecule has 2 aromatic carbocycles. The fourth-order valence-electron chi connectivity index (χ4n) is 1.90. The first-order valence-electron chi connectivity index (χ1n) is 5.80. The zero-order valence-electron chi connectivity index (χ0n) is 10.0. The molecule has 0 bridgehead atoms. The lowest BCUT2D eigenvalue weighted by Crippen LogP contribution is -1.83. The number of aromatic nitrogens is 1. The molecule has 4 heteroatoms. The van der Waals surface area contributed by atoms with Crippen molar-refractivity contribution in [1.82, 2.24) is 4.98 Å². The molecule has 0 saturated heterocycles. The lowest BCUT2D eigenvalue weighted by Gasteiger charge is -2.03. The van der Waals surface area contributed by atoms with Gasteiger partial charge in [0, 0.05) is 14.5 Å². The van der Waals surface area contributed by atoms with Gasteiger partial charge in [-0.3, -0.25) is 0 Å². The van der Waals surface area contributed by atoms with Crippen molar-refractivity contribution in [1.29, 1.82) is 0 Å². The van der Waals surface area contributed by atoms with E-state index in [1.807, 2.05) is 5.38 Å². The number of benzene rings is 2. The van der Waals surface area contributed by atoms with Gasteiger partial charge >= 0.3 is 0 Å². The van der Waals surface area contributed by atoms with Crippen LogP contribution in [0.15, 0.2) is 53.9 Å². The van der Waals surface area contributed by atoms with Crippen LogP contribution in [0, 0.1) is 3.57 Å². The molecule has 0 amide bonds. The normalized spacial score (nSPS) is 10.6. The maximum atomic E-state index is 5.66. The van der Waals surface area contributed by atoms with E-state index in [1.54, 1.807) is 0 Å². The molecule has 2 N–H and O–H groups in total. The van der Waals surface area contributed by atoms with Crippen LogP contribution in [0.4, 0.5) is 5.13 Å². The lowest BCUT2D eigenvalue weighted by atomic mass is 10.0. The highest BCUT2D eigenvalue weighted by Crippen LogP contribution is 2.26. The monoisotopic (exact) mass is 378 g/mol. The van der Waals surface area contributed by atoms with E-state index in [9.17, 15) is 0 Å². The Balaban J connectivity index is 1.92. The van der Waals surface area contributed by atoms with E-state index in [2.05, 4.69) is 76.1 Å². The van der Waals surface area contributed by atoms with Crippen molar-refractivity contribution < 1.29 is 0 Å². The summed E-state index contributed by atoms with van der Waals surface area (Å²) in [5.41, 5.74) is 10.1. The standard InChI is InChI=1S/C15H11IN2S/c16-13-7-5-11(6-8-13)10-1-3-12(4-2-10)14-9-19-15(17)18-14/h1-9H,(H2,17,18). The summed E-state index contributed by atoms with van der Waals surface area (Å²) in [5, 5.41) is 2.59. The Bertz CT molecular complexity index is 687. The summed E-state index contributed by atoms with van der Waals surface area (Å²) < 4.78 is 1.25. The van der Waals surface area contributed by atoms with Crippen molar-refractivity contribution in [3.63, 3.8) is 0 Å². The highest BCUT2D eigenvalue weighted by Gasteiger charge is 2.03. The van der Waals surface area contributed by atoms with Crippen LogP contribution in [0.25, 0.3) is 22.4 Å². The second-order valence-corrected chi connectivity index (χ2v) is 6.29. The molecule has 0 unspecified atom stereocenters. The van der Waals surface area contributed by atoms with Gasteiger partial charge in [-0.05, 0) is 45.9 Å². The number of rotatable bonds is 2. The third-order valence-corrected chi connectivity index (χ3v) is 4.27. The van der Waals surface area contributed by atoms with Crippen LogP contribution in [0.3, 0.4) is 0 Å². The van der Waals surface area contributed by atoms with Gasteiger partial charge < -0.3 is 5.73 Å². The molecular weight excluding hydrogens is 367 g/mol. The van der Waals surface area contributed by atoms with Crippen LogP contribution < -0.4 is 5.73 Å². The number of nitrogens with zero attached hydrogens (tertiary/aromatic N) is 1. The molecule has 0 spiro atoms. The molecule has 1 heterocycles. The molecule has 19 heavy (non-hydrogen) atoms. The van der Waals surface area contributed by atoms with E-state index in [1.165, 1.54) is 26.0 Å². The molecule has 0 saturated carbocycles. The van der Waals surface area contributed by atoms with Crippen LogP contribution in [0.2, 0.25) is 0 Å². The molecule has 0 fully saturated rings. The highest BCUT2D eigenvalue weighted by molar-refractivity contribution is 14.1. The van der Waals surface area contributed by atoms with Crippen LogP contribution >= 0.6 is 33.9 Å². The number of hydrogen-bond acceptors (Lipinski definition) is 3. The van der Waals surface area contributed by atoms with E-state index in [0.717, 1.165) is 11.3 Å². The van der Waals surface area contributed by atoms with Gasteiger partial charge in [-0.15, -0.1) is 11.3 Å². The van der Waals surface area contributed by atoms with E-state index >= 15 is 0 Å². The first-order valence-corrected chi connectivity index (χ1v) is 7.75. The number of anilines is 1. The topological polar surface area (TPSA) is 38.9 Å². The smallest absolute Gasteiger partial charge is 0.180 e. The van der Waals surface area contributed by atoms with E-state index in [4.69, 9.17) is 5.73 Å². The molecule has 94 valence electrons. The van der Waals surface area contributed by atoms with E-state index < -0.39 is 0 Å². The number of thiazole rings is 1. The molecule has 0 radical (unpaired) electrons. The molecule has 2 nitrogen and oxygen atoms in total. The van der Waals surface area contributed by atoms with Crippen molar-refractivity contribution >= 4 is 39.1 Å². The molecular formula is C15H11IN2S. The Morgan fingerprint density at radius 1 is 0.842 bits per heavy atom. The third kappa shape index (κ3) is 2.79. The number of nitrogens with two attached hydrogens (primary N) is 1. The highest BCUT2D eigenvalue weighted by atomic mass is 127. The fraction of sp³-hybridized carbons (Fsp3) is 0. The maximum Gasteiger partial charge on any atom is 0.180 e. The summed E-state index contributed by atoms with van der Waals surface area (Å²) in [5.74, 6) is 0. The average Bonchev–Trinajstić information content (AvgIpc) is 2.87. The Morgan fingerprint density at radius 2 is 1.37 bits per heavy atom. The molecule has 0 aliphatic carbocycles.